The highest BCUT2D eigenvalue weighted by Gasteiger charge is 2.25. The summed E-state index contributed by atoms with van der Waals surface area (Å²) in [6, 6.07) is 8.61. The Balaban J connectivity index is 0.00000312. The Morgan fingerprint density at radius 1 is 1.32 bits per heavy atom. The molecule has 1 atom stereocenters. The number of hydrogen-bond donors (Lipinski definition) is 2. The second-order valence-corrected chi connectivity index (χ2v) is 7.56. The normalized spacial score (nSPS) is 17.9. The molecule has 1 aliphatic rings. The van der Waals surface area contributed by atoms with Crippen LogP contribution in [0.5, 0.6) is 5.75 Å². The summed E-state index contributed by atoms with van der Waals surface area (Å²) < 4.78 is 5.48. The van der Waals surface area contributed by atoms with Crippen LogP contribution >= 0.6 is 24.0 Å². The van der Waals surface area contributed by atoms with Gasteiger partial charge in [0.15, 0.2) is 5.96 Å². The third-order valence-corrected chi connectivity index (χ3v) is 4.35. The molecule has 0 amide bonds. The maximum Gasteiger partial charge on any atom is 0.191 e. The Labute approximate surface area is 169 Å². The number of nitrogens with zero attached hydrogens (tertiary/aromatic N) is 2. The SMILES string of the molecule is CN=C(NCCC(C)(C)C)NC1CCN(c2ccccc2OC)C1.I. The summed E-state index contributed by atoms with van der Waals surface area (Å²) in [7, 11) is 3.56. The van der Waals surface area contributed by atoms with E-state index in [1.165, 1.54) is 5.69 Å². The summed E-state index contributed by atoms with van der Waals surface area (Å²) in [4.78, 5) is 6.73. The zero-order valence-electron chi connectivity index (χ0n) is 16.1. The fourth-order valence-electron chi connectivity index (χ4n) is 2.93. The van der Waals surface area contributed by atoms with Gasteiger partial charge in [-0.25, -0.2) is 0 Å². The van der Waals surface area contributed by atoms with Crippen molar-refractivity contribution in [1.82, 2.24) is 10.6 Å². The second kappa shape index (κ2) is 10.1. The Morgan fingerprint density at radius 3 is 2.68 bits per heavy atom. The molecule has 1 saturated heterocycles. The van der Waals surface area contributed by atoms with Gasteiger partial charge in [0.05, 0.1) is 12.8 Å². The Bertz CT molecular complexity index is 557. The van der Waals surface area contributed by atoms with Crippen molar-refractivity contribution in [2.24, 2.45) is 10.4 Å². The molecule has 1 fully saturated rings. The molecule has 142 valence electrons. The summed E-state index contributed by atoms with van der Waals surface area (Å²) in [6.07, 6.45) is 2.21. The van der Waals surface area contributed by atoms with Crippen molar-refractivity contribution in [3.05, 3.63) is 24.3 Å². The lowest BCUT2D eigenvalue weighted by Crippen LogP contribution is -2.45. The van der Waals surface area contributed by atoms with Crippen molar-refractivity contribution in [2.45, 2.75) is 39.7 Å². The van der Waals surface area contributed by atoms with E-state index >= 15 is 0 Å². The molecule has 1 aromatic rings. The number of hydrogen-bond acceptors (Lipinski definition) is 3. The van der Waals surface area contributed by atoms with E-state index in [1.807, 2.05) is 19.2 Å². The number of rotatable bonds is 5. The molecule has 0 spiro atoms. The monoisotopic (exact) mass is 460 g/mol. The summed E-state index contributed by atoms with van der Waals surface area (Å²) in [6.45, 7) is 9.69. The molecule has 0 aromatic heterocycles. The topological polar surface area (TPSA) is 48.9 Å². The molecule has 5 nitrogen and oxygen atoms in total. The maximum absolute atomic E-state index is 5.48. The van der Waals surface area contributed by atoms with Gasteiger partial charge < -0.3 is 20.3 Å². The third kappa shape index (κ3) is 6.92. The van der Waals surface area contributed by atoms with Gasteiger partial charge in [0.25, 0.3) is 0 Å². The van der Waals surface area contributed by atoms with Crippen molar-refractivity contribution in [2.75, 3.05) is 38.7 Å². The van der Waals surface area contributed by atoms with Gasteiger partial charge in [0.2, 0.25) is 0 Å². The first-order valence-corrected chi connectivity index (χ1v) is 8.78. The van der Waals surface area contributed by atoms with Crippen LogP contribution in [0.4, 0.5) is 5.69 Å². The molecular formula is C19H33IN4O. The average molecular weight is 460 g/mol. The standard InChI is InChI=1S/C19H32N4O.HI/c1-19(2,3)11-12-21-18(20-4)22-15-10-13-23(14-15)16-8-6-7-9-17(16)24-5;/h6-9,15H,10-14H2,1-5H3,(H2,20,21,22);1H. The van der Waals surface area contributed by atoms with Crippen molar-refractivity contribution < 1.29 is 4.74 Å². The van der Waals surface area contributed by atoms with Crippen LogP contribution in [0.3, 0.4) is 0 Å². The molecule has 0 bridgehead atoms. The highest BCUT2D eigenvalue weighted by atomic mass is 127. The predicted octanol–water partition coefficient (Wildman–Crippen LogP) is 3.49. The molecule has 25 heavy (non-hydrogen) atoms. The largest absolute Gasteiger partial charge is 0.495 e. The van der Waals surface area contributed by atoms with Crippen LogP contribution in [0, 0.1) is 5.41 Å². The van der Waals surface area contributed by atoms with E-state index in [0.717, 1.165) is 44.2 Å². The van der Waals surface area contributed by atoms with Crippen molar-refractivity contribution in [3.8, 4) is 5.75 Å². The number of aliphatic imine (C=N–C) groups is 1. The summed E-state index contributed by atoms with van der Waals surface area (Å²) in [5.41, 5.74) is 1.50. The van der Waals surface area contributed by atoms with Crippen LogP contribution in [-0.2, 0) is 0 Å². The molecule has 1 unspecified atom stereocenters. The number of para-hydroxylation sites is 2. The van der Waals surface area contributed by atoms with Crippen molar-refractivity contribution in [3.63, 3.8) is 0 Å². The number of benzene rings is 1. The van der Waals surface area contributed by atoms with E-state index < -0.39 is 0 Å². The smallest absolute Gasteiger partial charge is 0.191 e. The molecule has 1 aromatic carbocycles. The molecule has 0 aliphatic carbocycles. The molecule has 1 heterocycles. The minimum atomic E-state index is 0. The van der Waals surface area contributed by atoms with E-state index in [0.29, 0.717) is 11.5 Å². The van der Waals surface area contributed by atoms with Gasteiger partial charge in [-0.15, -0.1) is 24.0 Å². The molecule has 6 heteroatoms. The number of nitrogens with one attached hydrogen (secondary N) is 2. The summed E-state index contributed by atoms with van der Waals surface area (Å²) >= 11 is 0. The lowest BCUT2D eigenvalue weighted by Gasteiger charge is -2.23. The molecule has 1 aliphatic heterocycles. The third-order valence-electron chi connectivity index (χ3n) is 4.35. The van der Waals surface area contributed by atoms with Gasteiger partial charge in [-0.05, 0) is 30.4 Å². The van der Waals surface area contributed by atoms with Gasteiger partial charge in [-0.1, -0.05) is 32.9 Å². The highest BCUT2D eigenvalue weighted by molar-refractivity contribution is 14.0. The highest BCUT2D eigenvalue weighted by Crippen LogP contribution is 2.30. The van der Waals surface area contributed by atoms with Gasteiger partial charge in [-0.2, -0.15) is 0 Å². The van der Waals surface area contributed by atoms with E-state index in [1.54, 1.807) is 7.11 Å². The minimum Gasteiger partial charge on any atom is -0.495 e. The van der Waals surface area contributed by atoms with Gasteiger partial charge >= 0.3 is 0 Å². The first-order chi connectivity index (χ1) is 11.4. The van der Waals surface area contributed by atoms with E-state index in [4.69, 9.17) is 4.74 Å². The lowest BCUT2D eigenvalue weighted by molar-refractivity contribution is 0.377. The molecule has 2 rings (SSSR count). The zero-order valence-corrected chi connectivity index (χ0v) is 18.5. The Hall–Kier alpha value is -1.18. The van der Waals surface area contributed by atoms with Crippen LogP contribution in [0.1, 0.15) is 33.6 Å². The number of methoxy groups -OCH3 is 1. The van der Waals surface area contributed by atoms with Crippen LogP contribution in [0.15, 0.2) is 29.3 Å². The molecular weight excluding hydrogens is 427 g/mol. The van der Waals surface area contributed by atoms with Crippen LogP contribution in [-0.4, -0.2) is 45.8 Å². The molecule has 0 saturated carbocycles. The van der Waals surface area contributed by atoms with Gasteiger partial charge in [-0.3, -0.25) is 4.99 Å². The quantitative estimate of drug-likeness (QED) is 0.401. The number of anilines is 1. The number of halogens is 1. The second-order valence-electron chi connectivity index (χ2n) is 7.56. The average Bonchev–Trinajstić information content (AvgIpc) is 3.01. The first kappa shape index (κ1) is 21.9. The predicted molar refractivity (Wildman–Crippen MR) is 118 cm³/mol. The zero-order chi connectivity index (χ0) is 17.6. The first-order valence-electron chi connectivity index (χ1n) is 8.78. The van der Waals surface area contributed by atoms with Gasteiger partial charge in [0, 0.05) is 32.7 Å². The van der Waals surface area contributed by atoms with E-state index in [9.17, 15) is 0 Å². The Kier molecular flexibility index (Phi) is 8.82. The van der Waals surface area contributed by atoms with Crippen LogP contribution in [0.2, 0.25) is 0 Å². The molecule has 0 radical (unpaired) electrons. The maximum atomic E-state index is 5.48. The fourth-order valence-corrected chi connectivity index (χ4v) is 2.93. The van der Waals surface area contributed by atoms with Crippen LogP contribution in [0.25, 0.3) is 0 Å². The van der Waals surface area contributed by atoms with Crippen LogP contribution < -0.4 is 20.3 Å². The van der Waals surface area contributed by atoms with Gasteiger partial charge in [0.1, 0.15) is 5.75 Å². The van der Waals surface area contributed by atoms with E-state index in [2.05, 4.69) is 53.4 Å². The van der Waals surface area contributed by atoms with Crippen molar-refractivity contribution in [1.29, 1.82) is 0 Å². The summed E-state index contributed by atoms with van der Waals surface area (Å²) in [5, 5.41) is 6.97. The number of ether oxygens (including phenoxy) is 1. The Morgan fingerprint density at radius 2 is 2.04 bits per heavy atom. The fraction of sp³-hybridized carbons (Fsp3) is 0.632. The lowest BCUT2D eigenvalue weighted by atomic mass is 9.92. The minimum absolute atomic E-state index is 0. The van der Waals surface area contributed by atoms with E-state index in [-0.39, 0.29) is 24.0 Å². The van der Waals surface area contributed by atoms with Crippen molar-refractivity contribution >= 4 is 35.6 Å². The molecule has 2 N–H and O–H groups in total. The summed E-state index contributed by atoms with van der Waals surface area (Å²) in [5.74, 6) is 1.83. The number of guanidine groups is 1.